The zero-order valence-corrected chi connectivity index (χ0v) is 31.3. The number of likely N-dealkylation sites (tertiary alicyclic amines) is 1. The Morgan fingerprint density at radius 2 is 1.46 bits per heavy atom. The highest BCUT2D eigenvalue weighted by atomic mass is 16.7. The third-order valence-electron chi connectivity index (χ3n) is 10.8. The second kappa shape index (κ2) is 19.1. The van der Waals surface area contributed by atoms with E-state index in [0.29, 0.717) is 44.3 Å². The molecule has 1 saturated carbocycles. The highest BCUT2D eigenvalue weighted by Gasteiger charge is 2.44. The van der Waals surface area contributed by atoms with E-state index in [2.05, 4.69) is 15.5 Å². The van der Waals surface area contributed by atoms with Crippen molar-refractivity contribution < 1.29 is 34.2 Å². The summed E-state index contributed by atoms with van der Waals surface area (Å²) in [6, 6.07) is 16.1. The molecule has 3 amide bonds. The largest absolute Gasteiger partial charge is 0.392 e. The average molecular weight is 721 g/mol. The number of nitrogens with one attached hydrogen (secondary N) is 3. The van der Waals surface area contributed by atoms with E-state index in [9.17, 15) is 19.5 Å². The van der Waals surface area contributed by atoms with Crippen molar-refractivity contribution in [2.45, 2.75) is 154 Å². The van der Waals surface area contributed by atoms with E-state index in [-0.39, 0.29) is 54.5 Å². The van der Waals surface area contributed by atoms with Crippen LogP contribution in [0, 0.1) is 5.92 Å². The number of hydrogen-bond acceptors (Lipinski definition) is 8. The quantitative estimate of drug-likeness (QED) is 0.0839. The third-order valence-corrected chi connectivity index (χ3v) is 10.8. The predicted molar refractivity (Wildman–Crippen MR) is 198 cm³/mol. The van der Waals surface area contributed by atoms with Gasteiger partial charge in [0.2, 0.25) is 17.7 Å². The number of nitrogens with zero attached hydrogens (tertiary/aromatic N) is 1. The molecule has 11 heteroatoms. The van der Waals surface area contributed by atoms with Crippen molar-refractivity contribution >= 4 is 17.7 Å². The number of carbonyl (C=O) groups excluding carboxylic acids is 3. The maximum absolute atomic E-state index is 13.7. The van der Waals surface area contributed by atoms with Crippen LogP contribution in [0.15, 0.2) is 48.5 Å². The molecule has 2 heterocycles. The van der Waals surface area contributed by atoms with E-state index in [0.717, 1.165) is 60.8 Å². The van der Waals surface area contributed by atoms with E-state index < -0.39 is 6.29 Å². The normalized spacial score (nSPS) is 25.2. The highest BCUT2D eigenvalue weighted by Crippen LogP contribution is 2.42. The summed E-state index contributed by atoms with van der Waals surface area (Å²) in [6.07, 6.45) is 10.1. The lowest BCUT2D eigenvalue weighted by Gasteiger charge is -2.50. The molecule has 5 N–H and O–H groups in total. The monoisotopic (exact) mass is 720 g/mol. The molecule has 2 aromatic rings. The molecule has 2 saturated heterocycles. The SMILES string of the molecule is CC(C)(C)NC(=O)[C@H]1CC[C@H]2CCCC[C@H]2N1C[C@@H]1C[C@H](c2ccc(CO)cc2)O[C@H](c2ccc(CNC(=O)CCCCCCC(=O)NO)cc2)O1. The molecule has 0 spiro atoms. The summed E-state index contributed by atoms with van der Waals surface area (Å²) >= 11 is 0. The summed E-state index contributed by atoms with van der Waals surface area (Å²) in [7, 11) is 0. The third kappa shape index (κ3) is 11.6. The number of carbonyl (C=O) groups is 3. The summed E-state index contributed by atoms with van der Waals surface area (Å²) in [5.74, 6) is 0.305. The lowest BCUT2D eigenvalue weighted by atomic mass is 9.75. The fourth-order valence-electron chi connectivity index (χ4n) is 8.06. The Balaban J connectivity index is 1.25. The van der Waals surface area contributed by atoms with Gasteiger partial charge in [-0.15, -0.1) is 0 Å². The van der Waals surface area contributed by atoms with Crippen LogP contribution in [-0.2, 0) is 37.0 Å². The number of amides is 3. The van der Waals surface area contributed by atoms with E-state index >= 15 is 0 Å². The molecule has 0 bridgehead atoms. The van der Waals surface area contributed by atoms with Crippen LogP contribution in [0.25, 0.3) is 0 Å². The Labute approximate surface area is 309 Å². The van der Waals surface area contributed by atoms with Crippen molar-refractivity contribution in [1.29, 1.82) is 0 Å². The molecular weight excluding hydrogens is 660 g/mol. The molecule has 0 unspecified atom stereocenters. The van der Waals surface area contributed by atoms with Gasteiger partial charge < -0.3 is 25.2 Å². The predicted octanol–water partition coefficient (Wildman–Crippen LogP) is 6.12. The Kier molecular flexibility index (Phi) is 14.6. The molecule has 52 heavy (non-hydrogen) atoms. The van der Waals surface area contributed by atoms with E-state index in [1.165, 1.54) is 19.3 Å². The molecule has 3 aliphatic rings. The number of ether oxygens (including phenoxy) is 2. The van der Waals surface area contributed by atoms with Gasteiger partial charge in [0.05, 0.1) is 24.9 Å². The number of unbranched alkanes of at least 4 members (excludes halogenated alkanes) is 3. The fourth-order valence-corrected chi connectivity index (χ4v) is 8.06. The molecule has 3 fully saturated rings. The second-order valence-corrected chi connectivity index (χ2v) is 16.0. The molecule has 6 atom stereocenters. The van der Waals surface area contributed by atoms with Crippen LogP contribution < -0.4 is 16.1 Å². The first-order valence-electron chi connectivity index (χ1n) is 19.4. The van der Waals surface area contributed by atoms with E-state index in [4.69, 9.17) is 14.7 Å². The van der Waals surface area contributed by atoms with E-state index in [1.807, 2.05) is 69.3 Å². The smallest absolute Gasteiger partial charge is 0.243 e. The van der Waals surface area contributed by atoms with Gasteiger partial charge in [-0.05, 0) is 81.9 Å². The van der Waals surface area contributed by atoms with Crippen LogP contribution in [0.4, 0.5) is 0 Å². The van der Waals surface area contributed by atoms with Crippen molar-refractivity contribution in [3.05, 3.63) is 70.8 Å². The number of fused-ring (bicyclic) bond motifs is 1. The van der Waals surface area contributed by atoms with Crippen molar-refractivity contribution in [3.63, 3.8) is 0 Å². The fraction of sp³-hybridized carbons (Fsp3) is 0.634. The van der Waals surface area contributed by atoms with Crippen molar-refractivity contribution in [1.82, 2.24) is 21.0 Å². The van der Waals surface area contributed by atoms with Gasteiger partial charge in [0.1, 0.15) is 0 Å². The first-order valence-corrected chi connectivity index (χ1v) is 19.4. The van der Waals surface area contributed by atoms with E-state index in [1.54, 1.807) is 5.48 Å². The van der Waals surface area contributed by atoms with Gasteiger partial charge >= 0.3 is 0 Å². The van der Waals surface area contributed by atoms with Crippen LogP contribution in [0.5, 0.6) is 0 Å². The molecule has 11 nitrogen and oxygen atoms in total. The first kappa shape index (κ1) is 39.8. The van der Waals surface area contributed by atoms with Gasteiger partial charge in [0, 0.05) is 49.5 Å². The van der Waals surface area contributed by atoms with Gasteiger partial charge in [-0.1, -0.05) is 74.2 Å². The van der Waals surface area contributed by atoms with Gasteiger partial charge in [0.15, 0.2) is 6.29 Å². The topological polar surface area (TPSA) is 149 Å². The first-order chi connectivity index (χ1) is 25.0. The molecule has 5 rings (SSSR count). The zero-order chi connectivity index (χ0) is 37.1. The van der Waals surface area contributed by atoms with Crippen LogP contribution in [0.3, 0.4) is 0 Å². The number of piperidine rings is 1. The van der Waals surface area contributed by atoms with Gasteiger partial charge in [-0.3, -0.25) is 24.5 Å². The summed E-state index contributed by atoms with van der Waals surface area (Å²) in [5, 5.41) is 24.5. The van der Waals surface area contributed by atoms with Crippen LogP contribution in [-0.4, -0.2) is 63.2 Å². The molecule has 0 radical (unpaired) electrons. The van der Waals surface area contributed by atoms with Gasteiger partial charge in [0.25, 0.3) is 0 Å². The second-order valence-electron chi connectivity index (χ2n) is 16.0. The summed E-state index contributed by atoms with van der Waals surface area (Å²) in [4.78, 5) is 39.8. The van der Waals surface area contributed by atoms with Crippen LogP contribution in [0.1, 0.15) is 139 Å². The zero-order valence-electron chi connectivity index (χ0n) is 31.3. The Bertz CT molecular complexity index is 1440. The number of aliphatic hydroxyl groups is 1. The number of hydrogen-bond donors (Lipinski definition) is 5. The molecule has 1 aliphatic carbocycles. The summed E-state index contributed by atoms with van der Waals surface area (Å²) in [5.41, 5.74) is 5.07. The minimum atomic E-state index is -0.609. The molecule has 0 aromatic heterocycles. The van der Waals surface area contributed by atoms with Crippen LogP contribution in [0.2, 0.25) is 0 Å². The highest BCUT2D eigenvalue weighted by molar-refractivity contribution is 5.82. The summed E-state index contributed by atoms with van der Waals surface area (Å²) in [6.45, 7) is 7.16. The standard InChI is InChI=1S/C41H60N4O7/c1-41(2,3)43-39(49)35-23-22-30-10-8-9-11-34(30)45(35)26-33-24-36(31-18-16-29(27-46)17-19-31)52-40(51-33)32-20-14-28(15-21-32)25-42-37(47)12-6-4-5-7-13-38(48)44-50/h14-21,30,33-36,40,46,50H,4-13,22-27H2,1-3H3,(H,42,47)(H,43,49)(H,44,48)/t30-,33+,34-,35-,36-,40-/m1/s1. The maximum atomic E-state index is 13.7. The minimum absolute atomic E-state index is 0.0126. The average Bonchev–Trinajstić information content (AvgIpc) is 3.14. The molecule has 2 aromatic carbocycles. The van der Waals surface area contributed by atoms with Crippen molar-refractivity contribution in [2.75, 3.05) is 6.54 Å². The van der Waals surface area contributed by atoms with Gasteiger partial charge in [-0.2, -0.15) is 0 Å². The van der Waals surface area contributed by atoms with Gasteiger partial charge in [-0.25, -0.2) is 5.48 Å². The Hall–Kier alpha value is -3.35. The maximum Gasteiger partial charge on any atom is 0.243 e. The van der Waals surface area contributed by atoms with Crippen molar-refractivity contribution in [2.24, 2.45) is 5.92 Å². The number of aliphatic hydroxyl groups excluding tert-OH is 1. The Morgan fingerprint density at radius 1 is 0.808 bits per heavy atom. The lowest BCUT2D eigenvalue weighted by Crippen LogP contribution is -2.61. The number of hydroxylamine groups is 1. The van der Waals surface area contributed by atoms with Crippen molar-refractivity contribution in [3.8, 4) is 0 Å². The Morgan fingerprint density at radius 3 is 2.13 bits per heavy atom. The molecule has 286 valence electrons. The lowest BCUT2D eigenvalue weighted by molar-refractivity contribution is -0.255. The molecular formula is C41H60N4O7. The van der Waals surface area contributed by atoms with Crippen LogP contribution >= 0.6 is 0 Å². The number of benzene rings is 2. The minimum Gasteiger partial charge on any atom is -0.392 e. The number of rotatable bonds is 15. The summed E-state index contributed by atoms with van der Waals surface area (Å²) < 4.78 is 13.4. The molecule has 2 aliphatic heterocycles.